The van der Waals surface area contributed by atoms with Crippen molar-refractivity contribution < 1.29 is 9.13 Å². The van der Waals surface area contributed by atoms with Crippen molar-refractivity contribution in [2.24, 2.45) is 0 Å². The van der Waals surface area contributed by atoms with Crippen LogP contribution in [0.4, 0.5) is 4.39 Å². The van der Waals surface area contributed by atoms with E-state index >= 15 is 0 Å². The lowest BCUT2D eigenvalue weighted by Gasteiger charge is -2.12. The fourth-order valence-corrected chi connectivity index (χ4v) is 2.79. The Morgan fingerprint density at radius 2 is 2.33 bits per heavy atom. The Balaban J connectivity index is 1.71. The minimum atomic E-state index is -0.351. The summed E-state index contributed by atoms with van der Waals surface area (Å²) in [6.07, 6.45) is 3.83. The van der Waals surface area contributed by atoms with Gasteiger partial charge in [-0.05, 0) is 31.7 Å². The number of benzene rings is 1. The van der Waals surface area contributed by atoms with Crippen LogP contribution in [0.25, 0.3) is 4.96 Å². The molecule has 4 nitrogen and oxygen atoms in total. The van der Waals surface area contributed by atoms with E-state index in [0.29, 0.717) is 0 Å². The highest BCUT2D eigenvalue weighted by Gasteiger charge is 2.10. The van der Waals surface area contributed by atoms with E-state index in [1.165, 1.54) is 6.07 Å². The normalized spacial score (nSPS) is 12.7. The Bertz CT molecular complexity index is 724. The van der Waals surface area contributed by atoms with Crippen molar-refractivity contribution in [3.05, 3.63) is 53.0 Å². The molecule has 3 aromatic rings. The number of nitrogens with zero attached hydrogens (tertiary/aromatic N) is 2. The summed E-state index contributed by atoms with van der Waals surface area (Å²) < 4.78 is 21.5. The molecule has 0 spiro atoms. The van der Waals surface area contributed by atoms with E-state index in [1.807, 2.05) is 42.2 Å². The first-order valence-electron chi connectivity index (χ1n) is 6.68. The zero-order chi connectivity index (χ0) is 14.8. The smallest absolute Gasteiger partial charge is 0.193 e. The number of imidazole rings is 1. The second-order valence-corrected chi connectivity index (χ2v) is 5.69. The predicted molar refractivity (Wildman–Crippen MR) is 81.3 cm³/mol. The van der Waals surface area contributed by atoms with Crippen molar-refractivity contribution in [2.45, 2.75) is 19.6 Å². The molecule has 1 aromatic carbocycles. The van der Waals surface area contributed by atoms with Gasteiger partial charge in [0.05, 0.1) is 5.69 Å². The van der Waals surface area contributed by atoms with E-state index in [0.717, 1.165) is 16.2 Å². The van der Waals surface area contributed by atoms with E-state index in [4.69, 9.17) is 4.74 Å². The summed E-state index contributed by atoms with van der Waals surface area (Å²) in [6.45, 7) is 2.24. The molecule has 0 saturated heterocycles. The summed E-state index contributed by atoms with van der Waals surface area (Å²) in [7, 11) is 1.84. The largest absolute Gasteiger partial charge is 0.484 e. The molecule has 0 aliphatic heterocycles. The quantitative estimate of drug-likeness (QED) is 0.785. The van der Waals surface area contributed by atoms with Gasteiger partial charge in [-0.2, -0.15) is 0 Å². The molecule has 110 valence electrons. The fraction of sp³-hybridized carbons (Fsp3) is 0.267. The molecule has 1 N–H and O–H groups in total. The van der Waals surface area contributed by atoms with E-state index < -0.39 is 0 Å². The van der Waals surface area contributed by atoms with Crippen molar-refractivity contribution in [3.8, 4) is 5.75 Å². The summed E-state index contributed by atoms with van der Waals surface area (Å²) in [6, 6.07) is 5.14. The van der Waals surface area contributed by atoms with Crippen LogP contribution in [0, 0.1) is 5.82 Å². The summed E-state index contributed by atoms with van der Waals surface area (Å²) in [4.78, 5) is 5.31. The zero-order valence-corrected chi connectivity index (χ0v) is 12.7. The Morgan fingerprint density at radius 3 is 3.05 bits per heavy atom. The van der Waals surface area contributed by atoms with Crippen molar-refractivity contribution >= 4 is 16.3 Å². The van der Waals surface area contributed by atoms with Gasteiger partial charge in [-0.15, -0.1) is 11.3 Å². The van der Waals surface area contributed by atoms with Gasteiger partial charge in [0.25, 0.3) is 0 Å². The van der Waals surface area contributed by atoms with Crippen LogP contribution in [0.2, 0.25) is 0 Å². The molecule has 1 unspecified atom stereocenters. The lowest BCUT2D eigenvalue weighted by Crippen LogP contribution is -2.12. The predicted octanol–water partition coefficient (Wildman–Crippen LogP) is 3.39. The van der Waals surface area contributed by atoms with Crippen LogP contribution < -0.4 is 10.1 Å². The first-order chi connectivity index (χ1) is 10.2. The third-order valence-electron chi connectivity index (χ3n) is 3.41. The lowest BCUT2D eigenvalue weighted by molar-refractivity contribution is 0.286. The van der Waals surface area contributed by atoms with Gasteiger partial charge in [-0.25, -0.2) is 9.37 Å². The topological polar surface area (TPSA) is 38.6 Å². The third kappa shape index (κ3) is 2.91. The molecule has 0 amide bonds. The van der Waals surface area contributed by atoms with Crippen LogP contribution in [0.1, 0.15) is 24.2 Å². The lowest BCUT2D eigenvalue weighted by atomic mass is 10.1. The zero-order valence-electron chi connectivity index (χ0n) is 11.8. The maximum absolute atomic E-state index is 14.0. The van der Waals surface area contributed by atoms with Crippen LogP contribution in [0.3, 0.4) is 0 Å². The van der Waals surface area contributed by atoms with Crippen LogP contribution in [0.5, 0.6) is 5.75 Å². The van der Waals surface area contributed by atoms with Gasteiger partial charge >= 0.3 is 0 Å². The Kier molecular flexibility index (Phi) is 3.90. The van der Waals surface area contributed by atoms with Gasteiger partial charge in [0.1, 0.15) is 6.61 Å². The summed E-state index contributed by atoms with van der Waals surface area (Å²) >= 11 is 1.56. The maximum Gasteiger partial charge on any atom is 0.193 e. The number of ether oxygens (including phenoxy) is 1. The number of thiazole rings is 1. The van der Waals surface area contributed by atoms with Gasteiger partial charge in [0.2, 0.25) is 0 Å². The summed E-state index contributed by atoms with van der Waals surface area (Å²) in [5.41, 5.74) is 1.68. The molecule has 0 bridgehead atoms. The Labute approximate surface area is 126 Å². The van der Waals surface area contributed by atoms with Gasteiger partial charge in [-0.3, -0.25) is 4.40 Å². The number of halogens is 1. The highest BCUT2D eigenvalue weighted by Crippen LogP contribution is 2.23. The van der Waals surface area contributed by atoms with E-state index in [1.54, 1.807) is 17.4 Å². The average molecular weight is 305 g/mol. The van der Waals surface area contributed by atoms with Crippen molar-refractivity contribution in [2.75, 3.05) is 7.05 Å². The molecule has 2 aromatic heterocycles. The Morgan fingerprint density at radius 1 is 1.48 bits per heavy atom. The highest BCUT2D eigenvalue weighted by atomic mass is 32.1. The number of fused-ring (bicyclic) bond motifs is 1. The molecule has 6 heteroatoms. The number of aromatic nitrogens is 2. The number of rotatable bonds is 5. The van der Waals surface area contributed by atoms with Crippen LogP contribution in [0.15, 0.2) is 36.0 Å². The number of hydrogen-bond acceptors (Lipinski definition) is 4. The van der Waals surface area contributed by atoms with Gasteiger partial charge in [-0.1, -0.05) is 6.07 Å². The Hall–Kier alpha value is -1.92. The highest BCUT2D eigenvalue weighted by molar-refractivity contribution is 7.15. The van der Waals surface area contributed by atoms with Crippen molar-refractivity contribution in [1.29, 1.82) is 0 Å². The maximum atomic E-state index is 14.0. The molecule has 2 heterocycles. The van der Waals surface area contributed by atoms with E-state index in [9.17, 15) is 4.39 Å². The molecule has 0 aliphatic rings. The van der Waals surface area contributed by atoms with Crippen LogP contribution >= 0.6 is 11.3 Å². The first kappa shape index (κ1) is 14.0. The molecule has 0 radical (unpaired) electrons. The van der Waals surface area contributed by atoms with Gasteiger partial charge < -0.3 is 10.1 Å². The number of hydrogen-bond donors (Lipinski definition) is 1. The second-order valence-electron chi connectivity index (χ2n) is 4.81. The van der Waals surface area contributed by atoms with Crippen molar-refractivity contribution in [1.82, 2.24) is 14.7 Å². The standard InChI is InChI=1S/C15H16FN3OS/c1-10(17-2)11-3-4-14(13(16)7-11)20-9-12-8-19-5-6-21-15(19)18-12/h3-8,10,17H,9H2,1-2H3. The molecule has 3 rings (SSSR count). The van der Waals surface area contributed by atoms with Gasteiger partial charge in [0.15, 0.2) is 16.5 Å². The van der Waals surface area contributed by atoms with E-state index in [-0.39, 0.29) is 24.2 Å². The molecule has 0 saturated carbocycles. The second kappa shape index (κ2) is 5.83. The summed E-state index contributed by atoms with van der Waals surface area (Å²) in [5, 5.41) is 5.05. The van der Waals surface area contributed by atoms with Crippen LogP contribution in [-0.2, 0) is 6.61 Å². The molecule has 1 atom stereocenters. The van der Waals surface area contributed by atoms with Gasteiger partial charge in [0, 0.05) is 23.8 Å². The molecule has 0 aliphatic carbocycles. The molecular formula is C15H16FN3OS. The average Bonchev–Trinajstić information content (AvgIpc) is 3.06. The fourth-order valence-electron chi connectivity index (χ4n) is 2.07. The SMILES string of the molecule is CNC(C)c1ccc(OCc2cn3ccsc3n2)c(F)c1. The molecule has 21 heavy (non-hydrogen) atoms. The number of nitrogens with one attached hydrogen (secondary N) is 1. The minimum absolute atomic E-state index is 0.105. The molecular weight excluding hydrogens is 289 g/mol. The van der Waals surface area contributed by atoms with Crippen LogP contribution in [-0.4, -0.2) is 16.4 Å². The first-order valence-corrected chi connectivity index (χ1v) is 7.56. The molecule has 0 fully saturated rings. The third-order valence-corrected chi connectivity index (χ3v) is 4.18. The monoisotopic (exact) mass is 305 g/mol. The summed E-state index contributed by atoms with van der Waals surface area (Å²) in [5.74, 6) is -0.103. The van der Waals surface area contributed by atoms with Crippen molar-refractivity contribution in [3.63, 3.8) is 0 Å². The van der Waals surface area contributed by atoms with E-state index in [2.05, 4.69) is 10.3 Å². The minimum Gasteiger partial charge on any atom is -0.484 e.